The number of hydrogen-bond donors (Lipinski definition) is 0. The lowest BCUT2D eigenvalue weighted by Crippen LogP contribution is -2.20. The molecule has 0 aliphatic carbocycles. The highest BCUT2D eigenvalue weighted by Gasteiger charge is 2.20. The van der Waals surface area contributed by atoms with E-state index >= 15 is 0 Å². The minimum atomic E-state index is -0.737. The summed E-state index contributed by atoms with van der Waals surface area (Å²) < 4.78 is 19.8. The maximum absolute atomic E-state index is 11.5. The topological polar surface area (TPSA) is 71.1 Å². The average Bonchev–Trinajstić information content (AvgIpc) is 2.50. The fourth-order valence-electron chi connectivity index (χ4n) is 1.71. The van der Waals surface area contributed by atoms with Crippen molar-refractivity contribution in [3.63, 3.8) is 0 Å². The molecule has 20 heavy (non-hydrogen) atoms. The van der Waals surface area contributed by atoms with E-state index in [-0.39, 0.29) is 12.7 Å². The van der Waals surface area contributed by atoms with Crippen molar-refractivity contribution in [1.29, 1.82) is 0 Å². The molecule has 1 heterocycles. The summed E-state index contributed by atoms with van der Waals surface area (Å²) in [5.74, 6) is -1.75. The highest BCUT2D eigenvalue weighted by Crippen LogP contribution is 2.14. The van der Waals surface area contributed by atoms with Crippen LogP contribution in [0.4, 0.5) is 0 Å². The molecule has 6 nitrogen and oxygen atoms in total. The van der Waals surface area contributed by atoms with Crippen LogP contribution in [0.2, 0.25) is 0 Å². The summed E-state index contributed by atoms with van der Waals surface area (Å²) in [7, 11) is 2.52. The molecular formula is C14H20O6. The summed E-state index contributed by atoms with van der Waals surface area (Å²) in [5, 5.41) is 0. The van der Waals surface area contributed by atoms with E-state index in [0.29, 0.717) is 6.61 Å². The molecule has 1 aliphatic rings. The number of hydrogen-bond acceptors (Lipinski definition) is 6. The number of carbonyl (C=O) groups excluding carboxylic acids is 2. The summed E-state index contributed by atoms with van der Waals surface area (Å²) in [6, 6.07) is 0. The van der Waals surface area contributed by atoms with Crippen LogP contribution >= 0.6 is 0 Å². The van der Waals surface area contributed by atoms with Gasteiger partial charge in [-0.05, 0) is 18.9 Å². The molecular weight excluding hydrogens is 264 g/mol. The second-order valence-corrected chi connectivity index (χ2v) is 4.29. The lowest BCUT2D eigenvalue weighted by atomic mass is 10.1. The molecule has 0 spiro atoms. The summed E-state index contributed by atoms with van der Waals surface area (Å²) in [4.78, 5) is 22.7. The van der Waals surface area contributed by atoms with Gasteiger partial charge in [-0.2, -0.15) is 0 Å². The van der Waals surface area contributed by atoms with Crippen LogP contribution in [0.5, 0.6) is 0 Å². The van der Waals surface area contributed by atoms with Gasteiger partial charge in [0, 0.05) is 6.42 Å². The number of carbonyl (C=O) groups is 2. The van der Waals surface area contributed by atoms with Crippen molar-refractivity contribution in [1.82, 2.24) is 0 Å². The lowest BCUT2D eigenvalue weighted by molar-refractivity contribution is -0.150. The standard InChI is InChI=1S/C14H20O6/c1-17-12(15)10-11(14(16)18-2)6-5-9-20-13-7-3-4-8-19-13/h6,9,11,13H,3-4,7-8,10H2,1-2H3. The molecule has 1 aliphatic heterocycles. The zero-order valence-corrected chi connectivity index (χ0v) is 11.8. The molecule has 2 atom stereocenters. The van der Waals surface area contributed by atoms with E-state index < -0.39 is 17.9 Å². The predicted molar refractivity (Wildman–Crippen MR) is 69.5 cm³/mol. The van der Waals surface area contributed by atoms with Crippen molar-refractivity contribution in [2.75, 3.05) is 20.8 Å². The van der Waals surface area contributed by atoms with Gasteiger partial charge in [-0.25, -0.2) is 0 Å². The van der Waals surface area contributed by atoms with E-state index in [1.165, 1.54) is 26.6 Å². The fraction of sp³-hybridized carbons (Fsp3) is 0.643. The molecule has 1 rings (SSSR count). The molecule has 0 bridgehead atoms. The van der Waals surface area contributed by atoms with Crippen LogP contribution in [0.1, 0.15) is 25.7 Å². The highest BCUT2D eigenvalue weighted by atomic mass is 16.7. The monoisotopic (exact) mass is 284 g/mol. The molecule has 6 heteroatoms. The first kappa shape index (κ1) is 16.3. The molecule has 0 aromatic rings. The average molecular weight is 284 g/mol. The van der Waals surface area contributed by atoms with Crippen molar-refractivity contribution >= 4 is 11.9 Å². The third-order valence-corrected chi connectivity index (χ3v) is 2.84. The van der Waals surface area contributed by atoms with Crippen LogP contribution in [0.25, 0.3) is 0 Å². The zero-order chi connectivity index (χ0) is 14.8. The van der Waals surface area contributed by atoms with Crippen LogP contribution in [0, 0.1) is 5.92 Å². The van der Waals surface area contributed by atoms with Gasteiger partial charge in [0.1, 0.15) is 6.26 Å². The fourth-order valence-corrected chi connectivity index (χ4v) is 1.71. The van der Waals surface area contributed by atoms with Crippen molar-refractivity contribution < 1.29 is 28.5 Å². The summed E-state index contributed by atoms with van der Waals surface area (Å²) in [5.41, 5.74) is 2.72. The van der Waals surface area contributed by atoms with Gasteiger partial charge in [0.05, 0.1) is 33.2 Å². The van der Waals surface area contributed by atoms with Gasteiger partial charge in [-0.15, -0.1) is 0 Å². The van der Waals surface area contributed by atoms with E-state index in [1.807, 2.05) is 0 Å². The van der Waals surface area contributed by atoms with Gasteiger partial charge in [-0.3, -0.25) is 9.59 Å². The molecule has 0 saturated carbocycles. The largest absolute Gasteiger partial charge is 0.469 e. The first-order valence-corrected chi connectivity index (χ1v) is 6.50. The molecule has 0 aromatic carbocycles. The Morgan fingerprint density at radius 1 is 1.35 bits per heavy atom. The van der Waals surface area contributed by atoms with Gasteiger partial charge >= 0.3 is 11.9 Å². The van der Waals surface area contributed by atoms with E-state index in [2.05, 4.69) is 15.2 Å². The van der Waals surface area contributed by atoms with Crippen LogP contribution in [-0.2, 0) is 28.5 Å². The SMILES string of the molecule is COC(=O)CC(C=C=COC1CCCCO1)C(=O)OC. The quantitative estimate of drug-likeness (QED) is 0.419. The molecule has 0 N–H and O–H groups in total. The molecule has 1 fully saturated rings. The van der Waals surface area contributed by atoms with E-state index in [9.17, 15) is 9.59 Å². The predicted octanol–water partition coefficient (Wildman–Crippen LogP) is 1.55. The number of rotatable bonds is 6. The van der Waals surface area contributed by atoms with Crippen LogP contribution in [0.15, 0.2) is 18.1 Å². The Labute approximate surface area is 118 Å². The second kappa shape index (κ2) is 9.18. The van der Waals surface area contributed by atoms with Crippen molar-refractivity contribution in [2.24, 2.45) is 5.92 Å². The van der Waals surface area contributed by atoms with Crippen molar-refractivity contribution in [2.45, 2.75) is 32.0 Å². The number of esters is 2. The van der Waals surface area contributed by atoms with Crippen molar-refractivity contribution in [3.05, 3.63) is 18.1 Å². The van der Waals surface area contributed by atoms with E-state index in [4.69, 9.17) is 9.47 Å². The van der Waals surface area contributed by atoms with Gasteiger partial charge in [0.25, 0.3) is 0 Å². The lowest BCUT2D eigenvalue weighted by Gasteiger charge is -2.20. The normalized spacial score (nSPS) is 19.2. The molecule has 112 valence electrons. The maximum atomic E-state index is 11.5. The Morgan fingerprint density at radius 2 is 2.15 bits per heavy atom. The van der Waals surface area contributed by atoms with Gasteiger partial charge in [-0.1, -0.05) is 5.73 Å². The first-order valence-electron chi connectivity index (χ1n) is 6.50. The molecule has 0 amide bonds. The third-order valence-electron chi connectivity index (χ3n) is 2.84. The van der Waals surface area contributed by atoms with Crippen molar-refractivity contribution in [3.8, 4) is 0 Å². The smallest absolute Gasteiger partial charge is 0.313 e. The van der Waals surface area contributed by atoms with E-state index in [0.717, 1.165) is 19.3 Å². The Bertz CT molecular complexity index is 377. The summed E-state index contributed by atoms with van der Waals surface area (Å²) in [6.45, 7) is 0.690. The van der Waals surface area contributed by atoms with Gasteiger partial charge in [0.2, 0.25) is 0 Å². The van der Waals surface area contributed by atoms with Gasteiger partial charge in [0.15, 0.2) is 6.29 Å². The van der Waals surface area contributed by atoms with Crippen LogP contribution in [-0.4, -0.2) is 39.1 Å². The van der Waals surface area contributed by atoms with Crippen LogP contribution < -0.4 is 0 Å². The molecule has 1 saturated heterocycles. The number of methoxy groups -OCH3 is 2. The van der Waals surface area contributed by atoms with E-state index in [1.54, 1.807) is 0 Å². The van der Waals surface area contributed by atoms with Gasteiger partial charge < -0.3 is 18.9 Å². The Hall–Kier alpha value is -1.78. The second-order valence-electron chi connectivity index (χ2n) is 4.29. The molecule has 0 aromatic heterocycles. The third kappa shape index (κ3) is 5.91. The Kier molecular flexibility index (Phi) is 7.47. The maximum Gasteiger partial charge on any atom is 0.313 e. The number of ether oxygens (including phenoxy) is 4. The minimum absolute atomic E-state index is 0.0933. The molecule has 0 radical (unpaired) electrons. The Morgan fingerprint density at radius 3 is 2.75 bits per heavy atom. The van der Waals surface area contributed by atoms with Crippen LogP contribution in [0.3, 0.4) is 0 Å². The zero-order valence-electron chi connectivity index (χ0n) is 11.8. The summed E-state index contributed by atoms with van der Waals surface area (Å²) in [6.07, 6.45) is 5.35. The Balaban J connectivity index is 2.51. The highest BCUT2D eigenvalue weighted by molar-refractivity contribution is 5.81. The minimum Gasteiger partial charge on any atom is -0.469 e. The molecule has 2 unspecified atom stereocenters. The summed E-state index contributed by atoms with van der Waals surface area (Å²) >= 11 is 0. The first-order chi connectivity index (χ1) is 9.67.